The van der Waals surface area contributed by atoms with Gasteiger partial charge in [0, 0.05) is 13.1 Å². The lowest BCUT2D eigenvalue weighted by Crippen LogP contribution is -2.29. The van der Waals surface area contributed by atoms with Gasteiger partial charge in [0.2, 0.25) is 0 Å². The second-order valence-electron chi connectivity index (χ2n) is 5.43. The average Bonchev–Trinajstić information content (AvgIpc) is 2.46. The van der Waals surface area contributed by atoms with Crippen molar-refractivity contribution < 1.29 is 4.74 Å². The molecule has 0 radical (unpaired) electrons. The molecular weight excluding hydrogens is 260 g/mol. The predicted molar refractivity (Wildman–Crippen MR) is 93.1 cm³/mol. The van der Waals surface area contributed by atoms with Gasteiger partial charge in [-0.1, -0.05) is 39.3 Å². The van der Waals surface area contributed by atoms with E-state index in [1.165, 1.54) is 25.8 Å². The Labute approximate surface area is 132 Å². The highest BCUT2D eigenvalue weighted by Gasteiger charge is 2.07. The smallest absolute Gasteiger partial charge is 0.187 e. The molecule has 21 heavy (non-hydrogen) atoms. The predicted octanol–water partition coefficient (Wildman–Crippen LogP) is 4.40. The molecule has 0 aromatic heterocycles. The van der Waals surface area contributed by atoms with Crippen molar-refractivity contribution in [2.24, 2.45) is 0 Å². The van der Waals surface area contributed by atoms with Crippen LogP contribution in [0.2, 0.25) is 0 Å². The fourth-order valence-corrected chi connectivity index (χ4v) is 2.15. The maximum Gasteiger partial charge on any atom is 0.187 e. The Bertz CT molecular complexity index is 300. The third-order valence-corrected chi connectivity index (χ3v) is 3.38. The van der Waals surface area contributed by atoms with E-state index in [1.54, 1.807) is 18.4 Å². The standard InChI is InChI=1S/C18H34N2O/c1-6-9-11-14-19(5)15-12-16-20(13-8-3)18(4)21-17-10-7-2/h7,10,17H,2,4,6,8-9,11-16H2,1,3,5H3/b17-10+. The Hall–Kier alpha value is -1.22. The molecule has 0 fully saturated rings. The van der Waals surface area contributed by atoms with Crippen molar-refractivity contribution in [3.05, 3.63) is 37.5 Å². The summed E-state index contributed by atoms with van der Waals surface area (Å²) in [7, 11) is 2.21. The molecule has 0 saturated heterocycles. The van der Waals surface area contributed by atoms with Crippen molar-refractivity contribution in [3.63, 3.8) is 0 Å². The van der Waals surface area contributed by atoms with Crippen LogP contribution >= 0.6 is 0 Å². The number of unbranched alkanes of at least 4 members (excludes halogenated alkanes) is 2. The van der Waals surface area contributed by atoms with Gasteiger partial charge in [0.25, 0.3) is 0 Å². The summed E-state index contributed by atoms with van der Waals surface area (Å²) in [6.07, 6.45) is 11.2. The third-order valence-electron chi connectivity index (χ3n) is 3.38. The molecule has 0 rings (SSSR count). The number of allylic oxidation sites excluding steroid dienone is 2. The highest BCUT2D eigenvalue weighted by Crippen LogP contribution is 2.07. The minimum Gasteiger partial charge on any atom is -0.449 e. The first kappa shape index (κ1) is 19.8. The highest BCUT2D eigenvalue weighted by atomic mass is 16.5. The molecule has 0 heterocycles. The number of hydrogen-bond donors (Lipinski definition) is 0. The van der Waals surface area contributed by atoms with E-state index in [0.29, 0.717) is 0 Å². The van der Waals surface area contributed by atoms with Gasteiger partial charge in [0.1, 0.15) is 0 Å². The molecule has 3 heteroatoms. The highest BCUT2D eigenvalue weighted by molar-refractivity contribution is 4.96. The van der Waals surface area contributed by atoms with E-state index in [0.717, 1.165) is 38.4 Å². The van der Waals surface area contributed by atoms with Gasteiger partial charge in [-0.15, -0.1) is 0 Å². The molecule has 122 valence electrons. The van der Waals surface area contributed by atoms with Crippen molar-refractivity contribution in [3.8, 4) is 0 Å². The zero-order valence-corrected chi connectivity index (χ0v) is 14.3. The van der Waals surface area contributed by atoms with Crippen LogP contribution in [0.5, 0.6) is 0 Å². The zero-order chi connectivity index (χ0) is 15.9. The Morgan fingerprint density at radius 2 is 1.71 bits per heavy atom. The molecule has 0 bridgehead atoms. The van der Waals surface area contributed by atoms with E-state index < -0.39 is 0 Å². The quantitative estimate of drug-likeness (QED) is 0.268. The van der Waals surface area contributed by atoms with Crippen LogP contribution in [-0.2, 0) is 4.74 Å². The van der Waals surface area contributed by atoms with Crippen LogP contribution in [-0.4, -0.2) is 43.0 Å². The Kier molecular flexibility index (Phi) is 13.0. The van der Waals surface area contributed by atoms with E-state index in [-0.39, 0.29) is 0 Å². The maximum atomic E-state index is 5.50. The molecule has 0 aliphatic carbocycles. The van der Waals surface area contributed by atoms with Crippen LogP contribution in [0.15, 0.2) is 37.5 Å². The lowest BCUT2D eigenvalue weighted by Gasteiger charge is -2.26. The van der Waals surface area contributed by atoms with Crippen molar-refractivity contribution in [1.82, 2.24) is 9.80 Å². The van der Waals surface area contributed by atoms with Crippen molar-refractivity contribution in [2.45, 2.75) is 46.0 Å². The largest absolute Gasteiger partial charge is 0.449 e. The lowest BCUT2D eigenvalue weighted by atomic mass is 10.2. The molecule has 0 aliphatic rings. The summed E-state index contributed by atoms with van der Waals surface area (Å²) in [5.41, 5.74) is 0. The first-order valence-corrected chi connectivity index (χ1v) is 8.22. The van der Waals surface area contributed by atoms with Crippen molar-refractivity contribution in [2.75, 3.05) is 33.2 Å². The Morgan fingerprint density at radius 3 is 2.33 bits per heavy atom. The molecule has 0 atom stereocenters. The lowest BCUT2D eigenvalue weighted by molar-refractivity contribution is 0.175. The maximum absolute atomic E-state index is 5.50. The molecule has 3 nitrogen and oxygen atoms in total. The number of ether oxygens (including phenoxy) is 1. The van der Waals surface area contributed by atoms with Crippen LogP contribution in [0.1, 0.15) is 46.0 Å². The number of nitrogens with zero attached hydrogens (tertiary/aromatic N) is 2. The summed E-state index contributed by atoms with van der Waals surface area (Å²) in [5.74, 6) is 0.726. The Balaban J connectivity index is 3.99. The summed E-state index contributed by atoms with van der Waals surface area (Å²) in [5, 5.41) is 0. The molecule has 0 N–H and O–H groups in total. The summed E-state index contributed by atoms with van der Waals surface area (Å²) < 4.78 is 5.50. The normalized spacial score (nSPS) is 11.0. The number of rotatable bonds is 14. The van der Waals surface area contributed by atoms with Crippen molar-refractivity contribution >= 4 is 0 Å². The molecular formula is C18H34N2O. The summed E-state index contributed by atoms with van der Waals surface area (Å²) in [6.45, 7) is 16.4. The second kappa shape index (κ2) is 13.7. The number of hydrogen-bond acceptors (Lipinski definition) is 3. The van der Waals surface area contributed by atoms with Gasteiger partial charge in [-0.05, 0) is 52.1 Å². The summed E-state index contributed by atoms with van der Waals surface area (Å²) in [4.78, 5) is 4.63. The third kappa shape index (κ3) is 11.1. The topological polar surface area (TPSA) is 15.7 Å². The monoisotopic (exact) mass is 294 g/mol. The summed E-state index contributed by atoms with van der Waals surface area (Å²) in [6, 6.07) is 0. The molecule has 0 aromatic rings. The minimum atomic E-state index is 0.726. The molecule has 0 aromatic carbocycles. The summed E-state index contributed by atoms with van der Waals surface area (Å²) >= 11 is 0. The van der Waals surface area contributed by atoms with E-state index in [9.17, 15) is 0 Å². The average molecular weight is 294 g/mol. The van der Waals surface area contributed by atoms with Gasteiger partial charge >= 0.3 is 0 Å². The SMILES string of the molecule is C=C/C=C/OC(=C)N(CCC)CCCN(C)CCCCC. The fourth-order valence-electron chi connectivity index (χ4n) is 2.15. The van der Waals surface area contributed by atoms with E-state index in [1.807, 2.05) is 0 Å². The Morgan fingerprint density at radius 1 is 1.00 bits per heavy atom. The first-order chi connectivity index (χ1) is 10.2. The van der Waals surface area contributed by atoms with E-state index >= 15 is 0 Å². The zero-order valence-electron chi connectivity index (χ0n) is 14.3. The van der Waals surface area contributed by atoms with Crippen LogP contribution in [0.3, 0.4) is 0 Å². The first-order valence-electron chi connectivity index (χ1n) is 8.22. The fraction of sp³-hybridized carbons (Fsp3) is 0.667. The van der Waals surface area contributed by atoms with Gasteiger partial charge in [0.15, 0.2) is 5.88 Å². The van der Waals surface area contributed by atoms with Gasteiger partial charge in [-0.3, -0.25) is 0 Å². The molecule has 0 spiro atoms. The van der Waals surface area contributed by atoms with E-state index in [4.69, 9.17) is 4.74 Å². The van der Waals surface area contributed by atoms with Gasteiger partial charge in [-0.25, -0.2) is 0 Å². The van der Waals surface area contributed by atoms with Crippen LogP contribution < -0.4 is 0 Å². The van der Waals surface area contributed by atoms with Crippen LogP contribution in [0.25, 0.3) is 0 Å². The molecule has 0 amide bonds. The second-order valence-corrected chi connectivity index (χ2v) is 5.43. The van der Waals surface area contributed by atoms with Crippen molar-refractivity contribution in [1.29, 1.82) is 0 Å². The molecule has 0 saturated carbocycles. The van der Waals surface area contributed by atoms with Crippen LogP contribution in [0, 0.1) is 0 Å². The van der Waals surface area contributed by atoms with Gasteiger partial charge < -0.3 is 14.5 Å². The van der Waals surface area contributed by atoms with Crippen LogP contribution in [0.4, 0.5) is 0 Å². The van der Waals surface area contributed by atoms with E-state index in [2.05, 4.69) is 43.9 Å². The molecule has 0 unspecified atom stereocenters. The van der Waals surface area contributed by atoms with Gasteiger partial charge in [0.05, 0.1) is 6.26 Å². The van der Waals surface area contributed by atoms with Gasteiger partial charge in [-0.2, -0.15) is 0 Å². The minimum absolute atomic E-state index is 0.726. The molecule has 0 aliphatic heterocycles.